The summed E-state index contributed by atoms with van der Waals surface area (Å²) in [6, 6.07) is 9.42. The average Bonchev–Trinajstić information content (AvgIpc) is 2.61. The highest BCUT2D eigenvalue weighted by molar-refractivity contribution is 5.78. The number of carboxylic acids is 1. The van der Waals surface area contributed by atoms with Crippen molar-refractivity contribution in [3.05, 3.63) is 48.3 Å². The summed E-state index contributed by atoms with van der Waals surface area (Å²) in [6.45, 7) is 3.84. The monoisotopic (exact) mass is 374 g/mol. The van der Waals surface area contributed by atoms with E-state index in [1.165, 1.54) is 6.20 Å². The molecule has 146 valence electrons. The first kappa shape index (κ1) is 20.7. The number of hydrogen-bond donors (Lipinski definition) is 3. The number of aromatic nitrogens is 1. The van der Waals surface area contributed by atoms with E-state index in [0.29, 0.717) is 29.4 Å². The average molecular weight is 374 g/mol. The topological polar surface area (TPSA) is 115 Å². The van der Waals surface area contributed by atoms with Crippen molar-refractivity contribution in [2.24, 2.45) is 11.7 Å². The van der Waals surface area contributed by atoms with Gasteiger partial charge in [0.25, 0.3) is 0 Å². The van der Waals surface area contributed by atoms with E-state index in [4.69, 9.17) is 15.2 Å². The Balaban J connectivity index is 2.21. The van der Waals surface area contributed by atoms with Gasteiger partial charge in [-0.05, 0) is 30.5 Å². The van der Waals surface area contributed by atoms with Crippen LogP contribution >= 0.6 is 0 Å². The number of benzene rings is 1. The van der Waals surface area contributed by atoms with Gasteiger partial charge in [-0.25, -0.2) is 4.79 Å². The summed E-state index contributed by atoms with van der Waals surface area (Å²) in [5.74, 6) is 0.481. The molecule has 0 aliphatic rings. The first-order valence-corrected chi connectivity index (χ1v) is 8.72. The van der Waals surface area contributed by atoms with Crippen molar-refractivity contribution in [2.45, 2.75) is 38.3 Å². The summed E-state index contributed by atoms with van der Waals surface area (Å²) >= 11 is 0. The fraction of sp³-hybridized carbons (Fsp3) is 0.400. The Morgan fingerprint density at radius 1 is 1.22 bits per heavy atom. The highest BCUT2D eigenvalue weighted by atomic mass is 16.5. The van der Waals surface area contributed by atoms with Gasteiger partial charge in [0.05, 0.1) is 7.11 Å². The number of aliphatic hydroxyl groups is 1. The molecule has 0 bridgehead atoms. The first-order chi connectivity index (χ1) is 12.7. The van der Waals surface area contributed by atoms with Crippen molar-refractivity contribution in [3.8, 4) is 17.2 Å². The van der Waals surface area contributed by atoms with Gasteiger partial charge in [-0.1, -0.05) is 19.9 Å². The van der Waals surface area contributed by atoms with Gasteiger partial charge in [-0.2, -0.15) is 0 Å². The fourth-order valence-electron chi connectivity index (χ4n) is 2.76. The third kappa shape index (κ3) is 5.42. The van der Waals surface area contributed by atoms with Gasteiger partial charge in [-0.15, -0.1) is 0 Å². The molecule has 0 aliphatic carbocycles. The minimum atomic E-state index is -2.11. The second-order valence-electron chi connectivity index (χ2n) is 6.91. The fourth-order valence-corrected chi connectivity index (χ4v) is 2.76. The molecular formula is C20H26N2O5. The van der Waals surface area contributed by atoms with E-state index < -0.39 is 17.6 Å². The van der Waals surface area contributed by atoms with Crippen LogP contribution in [0.3, 0.4) is 0 Å². The predicted octanol–water partition coefficient (Wildman–Crippen LogP) is 2.61. The quantitative estimate of drug-likeness (QED) is 0.618. The first-order valence-electron chi connectivity index (χ1n) is 8.72. The van der Waals surface area contributed by atoms with Crippen LogP contribution in [0.2, 0.25) is 0 Å². The zero-order valence-electron chi connectivity index (χ0n) is 15.8. The van der Waals surface area contributed by atoms with Crippen molar-refractivity contribution >= 4 is 5.97 Å². The molecule has 0 unspecified atom stereocenters. The Labute approximate surface area is 158 Å². The molecule has 7 heteroatoms. The van der Waals surface area contributed by atoms with Crippen LogP contribution < -0.4 is 15.2 Å². The van der Waals surface area contributed by atoms with E-state index in [9.17, 15) is 15.0 Å². The lowest BCUT2D eigenvalue weighted by Crippen LogP contribution is -2.56. The summed E-state index contributed by atoms with van der Waals surface area (Å²) < 4.78 is 10.9. The normalized spacial score (nSPS) is 14.4. The maximum absolute atomic E-state index is 11.7. The zero-order valence-corrected chi connectivity index (χ0v) is 15.8. The van der Waals surface area contributed by atoms with E-state index in [1.807, 2.05) is 13.8 Å². The van der Waals surface area contributed by atoms with E-state index in [0.717, 1.165) is 0 Å². The molecule has 0 fully saturated rings. The molecule has 0 saturated heterocycles. The molecule has 2 aromatic rings. The third-order valence-corrected chi connectivity index (χ3v) is 4.22. The molecular weight excluding hydrogens is 348 g/mol. The molecule has 0 radical (unpaired) electrons. The lowest BCUT2D eigenvalue weighted by Gasteiger charge is -2.30. The second kappa shape index (κ2) is 8.83. The van der Waals surface area contributed by atoms with Gasteiger partial charge in [0.1, 0.15) is 17.2 Å². The molecule has 27 heavy (non-hydrogen) atoms. The number of nitrogens with two attached hydrogens (primary N) is 1. The number of nitrogens with zero attached hydrogens (tertiary/aromatic N) is 1. The highest BCUT2D eigenvalue weighted by Gasteiger charge is 2.43. The Morgan fingerprint density at radius 2 is 1.89 bits per heavy atom. The molecule has 1 aromatic carbocycles. The Kier molecular flexibility index (Phi) is 6.76. The van der Waals surface area contributed by atoms with Crippen LogP contribution in [0.5, 0.6) is 17.2 Å². The predicted molar refractivity (Wildman–Crippen MR) is 101 cm³/mol. The third-order valence-electron chi connectivity index (χ3n) is 4.22. The maximum Gasteiger partial charge on any atom is 0.337 e. The van der Waals surface area contributed by atoms with Gasteiger partial charge >= 0.3 is 5.97 Å². The minimum Gasteiger partial charge on any atom is -0.497 e. The molecule has 0 saturated carbocycles. The van der Waals surface area contributed by atoms with Crippen molar-refractivity contribution in [1.29, 1.82) is 0 Å². The summed E-state index contributed by atoms with van der Waals surface area (Å²) in [4.78, 5) is 15.9. The van der Waals surface area contributed by atoms with Crippen LogP contribution in [0.25, 0.3) is 0 Å². The van der Waals surface area contributed by atoms with Gasteiger partial charge in [0, 0.05) is 36.5 Å². The molecule has 7 nitrogen and oxygen atoms in total. The molecule has 4 N–H and O–H groups in total. The number of carboxylic acid groups (broad SMARTS) is 1. The second-order valence-corrected chi connectivity index (χ2v) is 6.91. The molecule has 0 amide bonds. The minimum absolute atomic E-state index is 0.154. The molecule has 1 heterocycles. The van der Waals surface area contributed by atoms with Crippen LogP contribution in [0.15, 0.2) is 42.6 Å². The number of pyridine rings is 1. The number of aliphatic carboxylic acids is 1. The Bertz CT molecular complexity index is 780. The van der Waals surface area contributed by atoms with E-state index in [1.54, 1.807) is 43.5 Å². The lowest BCUT2D eigenvalue weighted by atomic mass is 9.84. The van der Waals surface area contributed by atoms with Crippen LogP contribution in [-0.2, 0) is 11.2 Å². The number of rotatable bonds is 9. The number of hydrogen-bond acceptors (Lipinski definition) is 6. The molecule has 0 aliphatic heterocycles. The SMILES string of the molecule is COc1cccc(Oc2ccnc(C[C@](O)(C(=O)O)[C@@H](N)CC(C)C)c2)c1. The van der Waals surface area contributed by atoms with Gasteiger partial charge < -0.3 is 25.4 Å². The Hall–Kier alpha value is -2.64. The van der Waals surface area contributed by atoms with Crippen LogP contribution in [0.4, 0.5) is 0 Å². The lowest BCUT2D eigenvalue weighted by molar-refractivity contribution is -0.161. The molecule has 2 rings (SSSR count). The number of methoxy groups -OCH3 is 1. The number of carbonyl (C=O) groups is 1. The smallest absolute Gasteiger partial charge is 0.337 e. The van der Waals surface area contributed by atoms with Crippen molar-refractivity contribution in [3.63, 3.8) is 0 Å². The summed E-state index contributed by atoms with van der Waals surface area (Å²) in [5, 5.41) is 20.2. The largest absolute Gasteiger partial charge is 0.497 e. The maximum atomic E-state index is 11.7. The van der Waals surface area contributed by atoms with Crippen molar-refractivity contribution in [1.82, 2.24) is 4.98 Å². The van der Waals surface area contributed by atoms with Gasteiger partial charge in [0.2, 0.25) is 0 Å². The summed E-state index contributed by atoms with van der Waals surface area (Å²) in [6.07, 6.45) is 1.66. The van der Waals surface area contributed by atoms with Crippen LogP contribution in [0, 0.1) is 5.92 Å². The molecule has 0 spiro atoms. The summed E-state index contributed by atoms with van der Waals surface area (Å²) in [7, 11) is 1.57. The van der Waals surface area contributed by atoms with Crippen molar-refractivity contribution < 1.29 is 24.5 Å². The molecule has 2 atom stereocenters. The van der Waals surface area contributed by atoms with Gasteiger partial charge in [-0.3, -0.25) is 4.98 Å². The molecule has 1 aromatic heterocycles. The number of ether oxygens (including phenoxy) is 2. The van der Waals surface area contributed by atoms with Crippen molar-refractivity contribution in [2.75, 3.05) is 7.11 Å². The zero-order chi connectivity index (χ0) is 20.0. The van der Waals surface area contributed by atoms with Crippen LogP contribution in [0.1, 0.15) is 26.0 Å². The van der Waals surface area contributed by atoms with Crippen LogP contribution in [-0.4, -0.2) is 39.9 Å². The standard InChI is InChI=1S/C20H26N2O5/c1-13(2)9-18(21)20(25,19(23)24)12-14-10-17(7-8-22-14)27-16-6-4-5-15(11-16)26-3/h4-8,10-11,13,18,25H,9,12,21H2,1-3H3,(H,23,24)/t18-,20+/m0/s1. The van der Waals surface area contributed by atoms with Gasteiger partial charge in [0.15, 0.2) is 5.60 Å². The van der Waals surface area contributed by atoms with E-state index in [2.05, 4.69) is 4.98 Å². The Morgan fingerprint density at radius 3 is 2.52 bits per heavy atom. The highest BCUT2D eigenvalue weighted by Crippen LogP contribution is 2.27. The van der Waals surface area contributed by atoms with E-state index >= 15 is 0 Å². The summed E-state index contributed by atoms with van der Waals surface area (Å²) in [5.41, 5.74) is 4.26. The van der Waals surface area contributed by atoms with E-state index in [-0.39, 0.29) is 12.3 Å².